The van der Waals surface area contributed by atoms with Crippen molar-refractivity contribution in [2.45, 2.75) is 26.9 Å². The van der Waals surface area contributed by atoms with E-state index in [4.69, 9.17) is 0 Å². The summed E-state index contributed by atoms with van der Waals surface area (Å²) in [5.74, 6) is 0.528. The number of carbonyl (C=O) groups is 1. The maximum absolute atomic E-state index is 11.7. The Morgan fingerprint density at radius 3 is 3.05 bits per heavy atom. The summed E-state index contributed by atoms with van der Waals surface area (Å²) in [5.41, 5.74) is 0.712. The zero-order chi connectivity index (χ0) is 13.7. The molecule has 0 aliphatic rings. The molecule has 19 heavy (non-hydrogen) atoms. The predicted molar refractivity (Wildman–Crippen MR) is 77.2 cm³/mol. The summed E-state index contributed by atoms with van der Waals surface area (Å²) >= 11 is 1.62. The Morgan fingerprint density at radius 1 is 1.53 bits per heavy atom. The van der Waals surface area contributed by atoms with E-state index in [9.17, 15) is 4.79 Å². The van der Waals surface area contributed by atoms with Crippen molar-refractivity contribution in [3.63, 3.8) is 0 Å². The zero-order valence-corrected chi connectivity index (χ0v) is 11.9. The normalized spacial score (nSPS) is 10.7. The number of nitrogens with one attached hydrogen (secondary N) is 2. The number of anilines is 1. The van der Waals surface area contributed by atoms with Gasteiger partial charge in [0.1, 0.15) is 0 Å². The standard InChI is InChI=1S/C13H18N4OS/c1-10(2)8-17-9-11(6-15-17)16-13(18)14-7-12-4-3-5-19-12/h3-6,9-10H,7-8H2,1-2H3,(H2,14,16,18). The number of carbonyl (C=O) groups excluding carboxylic acids is 1. The molecule has 0 bridgehead atoms. The van der Waals surface area contributed by atoms with E-state index in [0.29, 0.717) is 18.2 Å². The Bertz CT molecular complexity index is 518. The molecule has 0 fully saturated rings. The van der Waals surface area contributed by atoms with Gasteiger partial charge in [0.25, 0.3) is 0 Å². The highest BCUT2D eigenvalue weighted by atomic mass is 32.1. The lowest BCUT2D eigenvalue weighted by molar-refractivity contribution is 0.252. The summed E-state index contributed by atoms with van der Waals surface area (Å²) in [6.07, 6.45) is 3.50. The fraction of sp³-hybridized carbons (Fsp3) is 0.385. The van der Waals surface area contributed by atoms with E-state index in [1.165, 1.54) is 0 Å². The van der Waals surface area contributed by atoms with Crippen molar-refractivity contribution in [3.8, 4) is 0 Å². The van der Waals surface area contributed by atoms with Crippen LogP contribution in [0.2, 0.25) is 0 Å². The third-order valence-corrected chi connectivity index (χ3v) is 3.32. The maximum Gasteiger partial charge on any atom is 0.319 e. The van der Waals surface area contributed by atoms with Crippen LogP contribution in [-0.4, -0.2) is 15.8 Å². The van der Waals surface area contributed by atoms with Crippen molar-refractivity contribution in [1.82, 2.24) is 15.1 Å². The van der Waals surface area contributed by atoms with Crippen molar-refractivity contribution >= 4 is 23.1 Å². The van der Waals surface area contributed by atoms with Crippen LogP contribution in [-0.2, 0) is 13.1 Å². The van der Waals surface area contributed by atoms with Gasteiger partial charge in [0.2, 0.25) is 0 Å². The first-order chi connectivity index (χ1) is 9.13. The number of nitrogens with zero attached hydrogens (tertiary/aromatic N) is 2. The fourth-order valence-corrected chi connectivity index (χ4v) is 2.30. The smallest absolute Gasteiger partial charge is 0.319 e. The first kappa shape index (κ1) is 13.6. The second-order valence-corrected chi connectivity index (χ2v) is 5.76. The van der Waals surface area contributed by atoms with Gasteiger partial charge < -0.3 is 10.6 Å². The van der Waals surface area contributed by atoms with Gasteiger partial charge in [-0.25, -0.2) is 4.79 Å². The number of hydrogen-bond acceptors (Lipinski definition) is 3. The highest BCUT2D eigenvalue weighted by molar-refractivity contribution is 7.09. The number of amides is 2. The molecule has 0 spiro atoms. The van der Waals surface area contributed by atoms with Crippen LogP contribution in [0.25, 0.3) is 0 Å². The third kappa shape index (κ3) is 4.40. The molecule has 0 radical (unpaired) electrons. The van der Waals surface area contributed by atoms with Crippen LogP contribution in [0.5, 0.6) is 0 Å². The summed E-state index contributed by atoms with van der Waals surface area (Å²) in [7, 11) is 0. The van der Waals surface area contributed by atoms with Crippen molar-refractivity contribution in [2.75, 3.05) is 5.32 Å². The molecule has 6 heteroatoms. The Labute approximate surface area is 116 Å². The molecular weight excluding hydrogens is 260 g/mol. The zero-order valence-electron chi connectivity index (χ0n) is 11.1. The van der Waals surface area contributed by atoms with E-state index in [1.54, 1.807) is 17.5 Å². The molecule has 0 aliphatic heterocycles. The predicted octanol–water partition coefficient (Wildman–Crippen LogP) is 2.92. The van der Waals surface area contributed by atoms with Crippen LogP contribution in [0.15, 0.2) is 29.9 Å². The minimum Gasteiger partial charge on any atom is -0.333 e. The van der Waals surface area contributed by atoms with Crippen LogP contribution < -0.4 is 10.6 Å². The molecule has 0 atom stereocenters. The van der Waals surface area contributed by atoms with E-state index >= 15 is 0 Å². The second kappa shape index (κ2) is 6.38. The number of thiophene rings is 1. The Hall–Kier alpha value is -1.82. The molecule has 2 aromatic rings. The molecule has 102 valence electrons. The molecular formula is C13H18N4OS. The van der Waals surface area contributed by atoms with Crippen molar-refractivity contribution in [2.24, 2.45) is 5.92 Å². The van der Waals surface area contributed by atoms with Gasteiger partial charge in [0, 0.05) is 17.6 Å². The second-order valence-electron chi connectivity index (χ2n) is 4.73. The van der Waals surface area contributed by atoms with Crippen molar-refractivity contribution in [3.05, 3.63) is 34.8 Å². The van der Waals surface area contributed by atoms with Gasteiger partial charge in [0.05, 0.1) is 18.4 Å². The Balaban J connectivity index is 1.80. The van der Waals surface area contributed by atoms with E-state index in [2.05, 4.69) is 29.6 Å². The van der Waals surface area contributed by atoms with Crippen LogP contribution in [0.4, 0.5) is 10.5 Å². The van der Waals surface area contributed by atoms with Crippen molar-refractivity contribution in [1.29, 1.82) is 0 Å². The molecule has 2 aromatic heterocycles. The summed E-state index contributed by atoms with van der Waals surface area (Å²) in [6, 6.07) is 3.75. The van der Waals surface area contributed by atoms with Gasteiger partial charge in [-0.05, 0) is 17.4 Å². The molecule has 5 nitrogen and oxygen atoms in total. The number of hydrogen-bond donors (Lipinski definition) is 2. The van der Waals surface area contributed by atoms with E-state index in [-0.39, 0.29) is 6.03 Å². The summed E-state index contributed by atoms with van der Waals surface area (Å²) in [5, 5.41) is 11.8. The highest BCUT2D eigenvalue weighted by Crippen LogP contribution is 2.09. The summed E-state index contributed by atoms with van der Waals surface area (Å²) < 4.78 is 1.83. The molecule has 2 amide bonds. The first-order valence-corrected chi connectivity index (χ1v) is 7.11. The van der Waals surface area contributed by atoms with Gasteiger partial charge in [-0.15, -0.1) is 11.3 Å². The lowest BCUT2D eigenvalue weighted by Crippen LogP contribution is -2.27. The highest BCUT2D eigenvalue weighted by Gasteiger charge is 2.05. The van der Waals surface area contributed by atoms with Crippen molar-refractivity contribution < 1.29 is 4.79 Å². The molecule has 0 saturated heterocycles. The minimum absolute atomic E-state index is 0.211. The van der Waals surface area contributed by atoms with Gasteiger partial charge in [-0.1, -0.05) is 19.9 Å². The monoisotopic (exact) mass is 278 g/mol. The molecule has 2 rings (SSSR count). The minimum atomic E-state index is -0.211. The first-order valence-electron chi connectivity index (χ1n) is 6.23. The third-order valence-electron chi connectivity index (χ3n) is 2.45. The van der Waals surface area contributed by atoms with Gasteiger partial charge in [0.15, 0.2) is 0 Å². The average Bonchev–Trinajstić information content (AvgIpc) is 2.97. The van der Waals surface area contributed by atoms with Gasteiger partial charge >= 0.3 is 6.03 Å². The number of aromatic nitrogens is 2. The molecule has 2 N–H and O–H groups in total. The lowest BCUT2D eigenvalue weighted by atomic mass is 10.2. The van der Waals surface area contributed by atoms with Crippen LogP contribution >= 0.6 is 11.3 Å². The van der Waals surface area contributed by atoms with Gasteiger partial charge in [-0.2, -0.15) is 5.10 Å². The molecule has 0 aromatic carbocycles. The van der Waals surface area contributed by atoms with Gasteiger partial charge in [-0.3, -0.25) is 4.68 Å². The van der Waals surface area contributed by atoms with Crippen LogP contribution in [0.3, 0.4) is 0 Å². The molecule has 0 saturated carbocycles. The average molecular weight is 278 g/mol. The molecule has 0 unspecified atom stereocenters. The molecule has 2 heterocycles. The number of rotatable bonds is 5. The Kier molecular flexibility index (Phi) is 4.57. The van der Waals surface area contributed by atoms with E-state index < -0.39 is 0 Å². The Morgan fingerprint density at radius 2 is 2.37 bits per heavy atom. The van der Waals surface area contributed by atoms with Crippen LogP contribution in [0, 0.1) is 5.92 Å². The largest absolute Gasteiger partial charge is 0.333 e. The van der Waals surface area contributed by atoms with E-state index in [0.717, 1.165) is 11.4 Å². The summed E-state index contributed by atoms with van der Waals surface area (Å²) in [4.78, 5) is 12.8. The fourth-order valence-electron chi connectivity index (χ4n) is 1.66. The maximum atomic E-state index is 11.7. The van der Waals surface area contributed by atoms with E-state index in [1.807, 2.05) is 28.4 Å². The molecule has 0 aliphatic carbocycles. The lowest BCUT2D eigenvalue weighted by Gasteiger charge is -2.05. The topological polar surface area (TPSA) is 59.0 Å². The quantitative estimate of drug-likeness (QED) is 0.883. The number of urea groups is 1. The summed E-state index contributed by atoms with van der Waals surface area (Å²) in [6.45, 7) is 5.65. The van der Waals surface area contributed by atoms with Crippen LogP contribution in [0.1, 0.15) is 18.7 Å². The SMILES string of the molecule is CC(C)Cn1cc(NC(=O)NCc2cccs2)cn1.